The number of ether oxygens (including phenoxy) is 2. The molecule has 1 atom stereocenters. The summed E-state index contributed by atoms with van der Waals surface area (Å²) in [4.78, 5) is 32.5. The number of halogens is 2. The standard InChI is InChI=1S/C26H36F2N4O4/c1-25(2,3)20(15-35-7)29-23(33)21-19-14-31(24(34)36-26(4,5)6)11-8-12-32(19)22(30-21)16-9-10-17(27)18(28)13-16/h9-10,13,20H,8,11-12,14-15H2,1-7H3,(H,29,33). The Morgan fingerprint density at radius 3 is 2.39 bits per heavy atom. The number of carbonyl (C=O) groups excluding carboxylic acids is 2. The minimum Gasteiger partial charge on any atom is -0.444 e. The maximum atomic E-state index is 14.1. The van der Waals surface area contributed by atoms with Crippen LogP contribution in [-0.4, -0.2) is 58.4 Å². The molecule has 0 spiro atoms. The van der Waals surface area contributed by atoms with Gasteiger partial charge in [0, 0.05) is 25.8 Å². The Kier molecular flexibility index (Phi) is 8.07. The van der Waals surface area contributed by atoms with E-state index in [1.165, 1.54) is 11.0 Å². The molecule has 1 aliphatic heterocycles. The van der Waals surface area contributed by atoms with Crippen LogP contribution < -0.4 is 5.32 Å². The number of methoxy groups -OCH3 is 1. The zero-order valence-electron chi connectivity index (χ0n) is 22.1. The highest BCUT2D eigenvalue weighted by Gasteiger charge is 2.33. The number of imidazole rings is 1. The minimum absolute atomic E-state index is 0.0821. The van der Waals surface area contributed by atoms with Crippen molar-refractivity contribution in [1.29, 1.82) is 0 Å². The molecule has 8 nitrogen and oxygen atoms in total. The van der Waals surface area contributed by atoms with E-state index in [1.807, 2.05) is 20.8 Å². The van der Waals surface area contributed by atoms with Gasteiger partial charge in [0.15, 0.2) is 17.3 Å². The van der Waals surface area contributed by atoms with Crippen LogP contribution in [0.1, 0.15) is 64.1 Å². The van der Waals surface area contributed by atoms with Crippen molar-refractivity contribution in [2.24, 2.45) is 5.41 Å². The molecule has 10 heteroatoms. The van der Waals surface area contributed by atoms with Gasteiger partial charge in [0.05, 0.1) is 24.9 Å². The number of nitrogens with one attached hydrogen (secondary N) is 1. The lowest BCUT2D eigenvalue weighted by Crippen LogP contribution is -2.47. The number of nitrogens with zero attached hydrogens (tertiary/aromatic N) is 3. The summed E-state index contributed by atoms with van der Waals surface area (Å²) in [6.45, 7) is 12.5. The Hall–Kier alpha value is -3.01. The predicted molar refractivity (Wildman–Crippen MR) is 131 cm³/mol. The highest BCUT2D eigenvalue weighted by Crippen LogP contribution is 2.29. The van der Waals surface area contributed by atoms with Crippen molar-refractivity contribution in [2.45, 2.75) is 72.7 Å². The molecule has 36 heavy (non-hydrogen) atoms. The molecule has 3 rings (SSSR count). The Balaban J connectivity index is 2.07. The van der Waals surface area contributed by atoms with E-state index in [1.54, 1.807) is 32.4 Å². The van der Waals surface area contributed by atoms with Crippen LogP contribution in [0.15, 0.2) is 18.2 Å². The van der Waals surface area contributed by atoms with Crippen LogP contribution in [0.4, 0.5) is 13.6 Å². The molecule has 0 bridgehead atoms. The quantitative estimate of drug-likeness (QED) is 0.632. The molecule has 2 heterocycles. The van der Waals surface area contributed by atoms with Gasteiger partial charge in [-0.05, 0) is 50.8 Å². The molecule has 1 aliphatic rings. The third kappa shape index (κ3) is 6.40. The second-order valence-corrected chi connectivity index (χ2v) is 11.1. The van der Waals surface area contributed by atoms with Gasteiger partial charge in [-0.25, -0.2) is 18.6 Å². The summed E-state index contributed by atoms with van der Waals surface area (Å²) < 4.78 is 40.4. The van der Waals surface area contributed by atoms with Gasteiger partial charge in [-0.3, -0.25) is 4.79 Å². The van der Waals surface area contributed by atoms with Crippen molar-refractivity contribution in [1.82, 2.24) is 19.8 Å². The molecule has 2 amide bonds. The summed E-state index contributed by atoms with van der Waals surface area (Å²) in [5, 5.41) is 3.00. The molecule has 0 radical (unpaired) electrons. The zero-order chi connectivity index (χ0) is 26.8. The van der Waals surface area contributed by atoms with Crippen LogP contribution in [0.3, 0.4) is 0 Å². The fourth-order valence-electron chi connectivity index (χ4n) is 3.99. The van der Waals surface area contributed by atoms with Crippen molar-refractivity contribution < 1.29 is 27.8 Å². The number of benzene rings is 1. The average molecular weight is 507 g/mol. The molecule has 1 aromatic heterocycles. The Morgan fingerprint density at radius 1 is 1.11 bits per heavy atom. The molecule has 2 aromatic rings. The number of rotatable bonds is 5. The Labute approximate surface area is 211 Å². The first-order chi connectivity index (χ1) is 16.7. The van der Waals surface area contributed by atoms with Crippen molar-refractivity contribution in [3.8, 4) is 11.4 Å². The van der Waals surface area contributed by atoms with Gasteiger partial charge < -0.3 is 24.3 Å². The maximum absolute atomic E-state index is 14.1. The van der Waals surface area contributed by atoms with E-state index in [-0.39, 0.29) is 23.7 Å². The summed E-state index contributed by atoms with van der Waals surface area (Å²) >= 11 is 0. The van der Waals surface area contributed by atoms with Gasteiger partial charge in [-0.15, -0.1) is 0 Å². The second kappa shape index (κ2) is 10.5. The van der Waals surface area contributed by atoms with Crippen molar-refractivity contribution >= 4 is 12.0 Å². The van der Waals surface area contributed by atoms with E-state index in [9.17, 15) is 18.4 Å². The van der Waals surface area contributed by atoms with Gasteiger partial charge in [0.2, 0.25) is 0 Å². The number of aromatic nitrogens is 2. The van der Waals surface area contributed by atoms with Crippen molar-refractivity contribution in [3.63, 3.8) is 0 Å². The number of carbonyl (C=O) groups is 2. The van der Waals surface area contributed by atoms with E-state index in [4.69, 9.17) is 9.47 Å². The monoisotopic (exact) mass is 506 g/mol. The Bertz CT molecular complexity index is 1120. The normalized spacial score (nSPS) is 15.2. The maximum Gasteiger partial charge on any atom is 0.410 e. The van der Waals surface area contributed by atoms with E-state index >= 15 is 0 Å². The van der Waals surface area contributed by atoms with Gasteiger partial charge in [-0.2, -0.15) is 0 Å². The summed E-state index contributed by atoms with van der Waals surface area (Å²) in [5.41, 5.74) is -0.0189. The van der Waals surface area contributed by atoms with Crippen LogP contribution in [-0.2, 0) is 22.6 Å². The topological polar surface area (TPSA) is 85.7 Å². The number of amides is 2. The molecule has 0 fully saturated rings. The van der Waals surface area contributed by atoms with Crippen LogP contribution in [0.25, 0.3) is 11.4 Å². The van der Waals surface area contributed by atoms with Crippen LogP contribution in [0.2, 0.25) is 0 Å². The second-order valence-electron chi connectivity index (χ2n) is 11.1. The minimum atomic E-state index is -1.01. The van der Waals surface area contributed by atoms with Gasteiger partial charge in [0.1, 0.15) is 11.4 Å². The van der Waals surface area contributed by atoms with Crippen LogP contribution in [0, 0.1) is 17.0 Å². The SMILES string of the molecule is COCC(NC(=O)c1nc(-c2ccc(F)c(F)c2)n2c1CN(C(=O)OC(C)(C)C)CCC2)C(C)(C)C. The van der Waals surface area contributed by atoms with Gasteiger partial charge >= 0.3 is 6.09 Å². The lowest BCUT2D eigenvalue weighted by Gasteiger charge is -2.31. The van der Waals surface area contributed by atoms with E-state index in [0.717, 1.165) is 12.1 Å². The average Bonchev–Trinajstić information content (AvgIpc) is 2.96. The smallest absolute Gasteiger partial charge is 0.410 e. The van der Waals surface area contributed by atoms with Gasteiger partial charge in [0.25, 0.3) is 5.91 Å². The highest BCUT2D eigenvalue weighted by molar-refractivity contribution is 5.94. The highest BCUT2D eigenvalue weighted by atomic mass is 19.2. The Morgan fingerprint density at radius 2 is 1.81 bits per heavy atom. The number of hydrogen-bond donors (Lipinski definition) is 1. The van der Waals surface area contributed by atoms with Crippen LogP contribution >= 0.6 is 0 Å². The largest absolute Gasteiger partial charge is 0.444 e. The third-order valence-corrected chi connectivity index (χ3v) is 5.95. The number of hydrogen-bond acceptors (Lipinski definition) is 5. The van der Waals surface area contributed by atoms with Crippen molar-refractivity contribution in [3.05, 3.63) is 41.2 Å². The predicted octanol–water partition coefficient (Wildman–Crippen LogP) is 4.76. The summed E-state index contributed by atoms with van der Waals surface area (Å²) in [7, 11) is 1.56. The molecule has 1 aromatic carbocycles. The van der Waals surface area contributed by atoms with Gasteiger partial charge in [-0.1, -0.05) is 20.8 Å². The summed E-state index contributed by atoms with van der Waals surface area (Å²) in [6.07, 6.45) is 0.0686. The molecule has 1 unspecified atom stereocenters. The summed E-state index contributed by atoms with van der Waals surface area (Å²) in [5.74, 6) is -2.08. The lowest BCUT2D eigenvalue weighted by atomic mass is 9.87. The molecule has 198 valence electrons. The molecule has 0 aliphatic carbocycles. The molecular formula is C26H36F2N4O4. The fraction of sp³-hybridized carbons (Fsp3) is 0.577. The summed E-state index contributed by atoms with van der Waals surface area (Å²) in [6, 6.07) is 3.21. The first-order valence-electron chi connectivity index (χ1n) is 12.0. The van der Waals surface area contributed by atoms with E-state index in [0.29, 0.717) is 43.2 Å². The van der Waals surface area contributed by atoms with E-state index in [2.05, 4.69) is 10.3 Å². The lowest BCUT2D eigenvalue weighted by molar-refractivity contribution is 0.0235. The van der Waals surface area contributed by atoms with E-state index < -0.39 is 29.2 Å². The first kappa shape index (κ1) is 27.6. The molecule has 0 saturated carbocycles. The number of fused-ring (bicyclic) bond motifs is 1. The fourth-order valence-corrected chi connectivity index (χ4v) is 3.99. The molecular weight excluding hydrogens is 470 g/mol. The molecule has 0 saturated heterocycles. The molecule has 1 N–H and O–H groups in total. The first-order valence-corrected chi connectivity index (χ1v) is 12.0. The zero-order valence-corrected chi connectivity index (χ0v) is 22.1. The van der Waals surface area contributed by atoms with Crippen LogP contribution in [0.5, 0.6) is 0 Å². The third-order valence-electron chi connectivity index (χ3n) is 5.95. The van der Waals surface area contributed by atoms with Crippen molar-refractivity contribution in [2.75, 3.05) is 20.3 Å².